The molecular formula is C17H19N3O4. The van der Waals surface area contributed by atoms with Crippen molar-refractivity contribution < 1.29 is 19.1 Å². The van der Waals surface area contributed by atoms with Crippen LogP contribution in [0.1, 0.15) is 39.9 Å². The molecule has 3 aliphatic heterocycles. The monoisotopic (exact) mass is 329 g/mol. The smallest absolute Gasteiger partial charge is 0.255 e. The molecule has 2 N–H and O–H groups in total. The van der Waals surface area contributed by atoms with E-state index in [1.807, 2.05) is 6.07 Å². The van der Waals surface area contributed by atoms with Crippen molar-refractivity contribution in [1.82, 2.24) is 15.5 Å². The zero-order valence-corrected chi connectivity index (χ0v) is 13.5. The van der Waals surface area contributed by atoms with Crippen molar-refractivity contribution in [3.63, 3.8) is 0 Å². The molecule has 1 aromatic rings. The summed E-state index contributed by atoms with van der Waals surface area (Å²) in [6.45, 7) is 1.94. The van der Waals surface area contributed by atoms with E-state index in [4.69, 9.17) is 4.74 Å². The Balaban J connectivity index is 1.72. The van der Waals surface area contributed by atoms with E-state index in [2.05, 4.69) is 10.6 Å². The first-order valence-corrected chi connectivity index (χ1v) is 8.17. The SMILES string of the molecule is COc1c2c(cc3c1CN(C1CCC(=O)NC1=O)C3=O)CCNC2. The van der Waals surface area contributed by atoms with Gasteiger partial charge in [-0.3, -0.25) is 19.7 Å². The van der Waals surface area contributed by atoms with Gasteiger partial charge in [0.25, 0.3) is 5.91 Å². The number of carbonyl (C=O) groups excluding carboxylic acids is 3. The van der Waals surface area contributed by atoms with Gasteiger partial charge in [0, 0.05) is 29.7 Å². The molecule has 7 heteroatoms. The third-order valence-corrected chi connectivity index (χ3v) is 5.06. The highest BCUT2D eigenvalue weighted by atomic mass is 16.5. The Morgan fingerprint density at radius 3 is 2.79 bits per heavy atom. The number of nitrogens with zero attached hydrogens (tertiary/aromatic N) is 1. The molecule has 0 spiro atoms. The van der Waals surface area contributed by atoms with Crippen molar-refractivity contribution in [1.29, 1.82) is 0 Å². The van der Waals surface area contributed by atoms with Gasteiger partial charge < -0.3 is 15.0 Å². The van der Waals surface area contributed by atoms with Crippen molar-refractivity contribution in [2.75, 3.05) is 13.7 Å². The van der Waals surface area contributed by atoms with Gasteiger partial charge in [0.05, 0.1) is 13.7 Å². The first-order valence-electron chi connectivity index (χ1n) is 8.17. The van der Waals surface area contributed by atoms with Gasteiger partial charge in [-0.2, -0.15) is 0 Å². The average Bonchev–Trinajstić information content (AvgIpc) is 2.89. The van der Waals surface area contributed by atoms with Crippen LogP contribution in [0.4, 0.5) is 0 Å². The van der Waals surface area contributed by atoms with E-state index in [-0.39, 0.29) is 18.2 Å². The Morgan fingerprint density at radius 2 is 2.04 bits per heavy atom. The van der Waals surface area contributed by atoms with E-state index in [1.165, 1.54) is 0 Å². The lowest BCUT2D eigenvalue weighted by Gasteiger charge is -2.29. The van der Waals surface area contributed by atoms with Crippen LogP contribution in [0.25, 0.3) is 0 Å². The second-order valence-electron chi connectivity index (χ2n) is 6.40. The Labute approximate surface area is 139 Å². The Morgan fingerprint density at radius 1 is 1.21 bits per heavy atom. The number of hydrogen-bond donors (Lipinski definition) is 2. The molecule has 3 aliphatic rings. The number of rotatable bonds is 2. The summed E-state index contributed by atoms with van der Waals surface area (Å²) >= 11 is 0. The van der Waals surface area contributed by atoms with Gasteiger partial charge in [-0.1, -0.05) is 0 Å². The van der Waals surface area contributed by atoms with E-state index in [0.29, 0.717) is 18.5 Å². The molecule has 0 aliphatic carbocycles. The largest absolute Gasteiger partial charge is 0.496 e. The lowest BCUT2D eigenvalue weighted by atomic mass is 9.94. The molecule has 126 valence electrons. The predicted molar refractivity (Wildman–Crippen MR) is 84.4 cm³/mol. The minimum absolute atomic E-state index is 0.154. The summed E-state index contributed by atoms with van der Waals surface area (Å²) in [6.07, 6.45) is 1.48. The molecule has 0 radical (unpaired) electrons. The second-order valence-corrected chi connectivity index (χ2v) is 6.40. The molecule has 1 aromatic carbocycles. The fourth-order valence-corrected chi connectivity index (χ4v) is 3.87. The topological polar surface area (TPSA) is 87.7 Å². The molecule has 4 rings (SSSR count). The van der Waals surface area contributed by atoms with Gasteiger partial charge in [-0.05, 0) is 31.0 Å². The van der Waals surface area contributed by atoms with Crippen LogP contribution in [0.3, 0.4) is 0 Å². The molecule has 1 unspecified atom stereocenters. The number of nitrogens with one attached hydrogen (secondary N) is 2. The van der Waals surface area contributed by atoms with Gasteiger partial charge in [0.1, 0.15) is 11.8 Å². The van der Waals surface area contributed by atoms with Gasteiger partial charge in [-0.25, -0.2) is 0 Å². The van der Waals surface area contributed by atoms with Crippen molar-refractivity contribution >= 4 is 17.7 Å². The van der Waals surface area contributed by atoms with Crippen LogP contribution in [0.5, 0.6) is 5.75 Å². The average molecular weight is 329 g/mol. The van der Waals surface area contributed by atoms with Crippen LogP contribution >= 0.6 is 0 Å². The van der Waals surface area contributed by atoms with E-state index in [0.717, 1.165) is 42.0 Å². The Hall–Kier alpha value is -2.41. The third-order valence-electron chi connectivity index (χ3n) is 5.06. The van der Waals surface area contributed by atoms with Crippen LogP contribution < -0.4 is 15.4 Å². The van der Waals surface area contributed by atoms with Crippen LogP contribution in [0, 0.1) is 0 Å². The molecule has 1 atom stereocenters. The summed E-state index contributed by atoms with van der Waals surface area (Å²) in [5.41, 5.74) is 3.69. The number of piperidine rings is 1. The van der Waals surface area contributed by atoms with Gasteiger partial charge in [0.2, 0.25) is 11.8 Å². The van der Waals surface area contributed by atoms with E-state index in [1.54, 1.807) is 12.0 Å². The zero-order chi connectivity index (χ0) is 16.8. The van der Waals surface area contributed by atoms with Crippen LogP contribution in [0.2, 0.25) is 0 Å². The quantitative estimate of drug-likeness (QED) is 0.752. The number of benzene rings is 1. The van der Waals surface area contributed by atoms with Gasteiger partial charge in [-0.15, -0.1) is 0 Å². The highest BCUT2D eigenvalue weighted by molar-refractivity contribution is 6.05. The molecule has 7 nitrogen and oxygen atoms in total. The molecule has 3 amide bonds. The molecule has 3 heterocycles. The predicted octanol–water partition coefficient (Wildman–Crippen LogP) is 0.102. The molecule has 1 saturated heterocycles. The number of methoxy groups -OCH3 is 1. The summed E-state index contributed by atoms with van der Waals surface area (Å²) in [6, 6.07) is 1.35. The number of imide groups is 1. The highest BCUT2D eigenvalue weighted by Gasteiger charge is 2.41. The standard InChI is InChI=1S/C17H19N3O4/c1-24-15-11-7-18-5-4-9(11)6-10-12(15)8-20(17(10)23)13-2-3-14(21)19-16(13)22/h6,13,18H,2-5,7-8H2,1H3,(H,19,21,22). The first kappa shape index (κ1) is 15.1. The first-order chi connectivity index (χ1) is 11.6. The second kappa shape index (κ2) is 5.59. The summed E-state index contributed by atoms with van der Waals surface area (Å²) in [4.78, 5) is 37.9. The van der Waals surface area contributed by atoms with E-state index < -0.39 is 11.9 Å². The molecule has 0 aromatic heterocycles. The highest BCUT2D eigenvalue weighted by Crippen LogP contribution is 2.38. The van der Waals surface area contributed by atoms with Crippen molar-refractivity contribution in [2.45, 2.75) is 38.4 Å². The maximum Gasteiger partial charge on any atom is 0.255 e. The number of amides is 3. The van der Waals surface area contributed by atoms with Crippen LogP contribution in [-0.4, -0.2) is 42.3 Å². The lowest BCUT2D eigenvalue weighted by Crippen LogP contribution is -2.52. The van der Waals surface area contributed by atoms with Gasteiger partial charge >= 0.3 is 0 Å². The van der Waals surface area contributed by atoms with Crippen molar-refractivity contribution in [3.8, 4) is 5.75 Å². The minimum Gasteiger partial charge on any atom is -0.496 e. The molecule has 24 heavy (non-hydrogen) atoms. The summed E-state index contributed by atoms with van der Waals surface area (Å²) in [7, 11) is 1.61. The van der Waals surface area contributed by atoms with Crippen molar-refractivity contribution in [3.05, 3.63) is 28.3 Å². The normalized spacial score (nSPS) is 23.0. The van der Waals surface area contributed by atoms with Crippen LogP contribution in [-0.2, 0) is 29.1 Å². The fraction of sp³-hybridized carbons (Fsp3) is 0.471. The van der Waals surface area contributed by atoms with Crippen LogP contribution in [0.15, 0.2) is 6.07 Å². The Kier molecular flexibility index (Phi) is 3.53. The molecule has 0 bridgehead atoms. The number of fused-ring (bicyclic) bond motifs is 2. The van der Waals surface area contributed by atoms with E-state index in [9.17, 15) is 14.4 Å². The number of ether oxygens (including phenoxy) is 1. The Bertz CT molecular complexity index is 759. The molecular weight excluding hydrogens is 310 g/mol. The summed E-state index contributed by atoms with van der Waals surface area (Å²) in [5, 5.41) is 5.65. The maximum atomic E-state index is 12.9. The van der Waals surface area contributed by atoms with E-state index >= 15 is 0 Å². The summed E-state index contributed by atoms with van der Waals surface area (Å²) in [5.74, 6) is -0.0747. The number of carbonyl (C=O) groups is 3. The lowest BCUT2D eigenvalue weighted by molar-refractivity contribution is -0.136. The third kappa shape index (κ3) is 2.19. The molecule has 0 saturated carbocycles. The fourth-order valence-electron chi connectivity index (χ4n) is 3.87. The zero-order valence-electron chi connectivity index (χ0n) is 13.5. The van der Waals surface area contributed by atoms with Gasteiger partial charge in [0.15, 0.2) is 0 Å². The number of hydrogen-bond acceptors (Lipinski definition) is 5. The summed E-state index contributed by atoms with van der Waals surface area (Å²) < 4.78 is 5.61. The van der Waals surface area contributed by atoms with Crippen molar-refractivity contribution in [2.24, 2.45) is 0 Å². The molecule has 1 fully saturated rings. The maximum absolute atomic E-state index is 12.9. The minimum atomic E-state index is -0.595.